The molecule has 6 nitrogen and oxygen atoms in total. The molecule has 0 aliphatic rings. The molecule has 0 unspecified atom stereocenters. The standard InChI is InChI=1S/C17H22Cl2N4O2/c1-22(6-8-24)16-11-12(10-14(18)20-16)13-4-5-15(21-17(13)19)23(2)7-9-25-3/h4-5,10-11,24H,6-9H2,1-3H3. The first-order valence-corrected chi connectivity index (χ1v) is 8.58. The molecule has 0 bridgehead atoms. The number of hydrogen-bond donors (Lipinski definition) is 1. The molecule has 1 N–H and O–H groups in total. The zero-order valence-corrected chi connectivity index (χ0v) is 16.0. The van der Waals surface area contributed by atoms with Crippen molar-refractivity contribution in [3.63, 3.8) is 0 Å². The van der Waals surface area contributed by atoms with E-state index >= 15 is 0 Å². The quantitative estimate of drug-likeness (QED) is 0.705. The van der Waals surface area contributed by atoms with E-state index in [2.05, 4.69) is 9.97 Å². The van der Waals surface area contributed by atoms with E-state index in [1.54, 1.807) is 13.2 Å². The fourth-order valence-electron chi connectivity index (χ4n) is 2.29. The van der Waals surface area contributed by atoms with Gasteiger partial charge in [-0.05, 0) is 29.8 Å². The Morgan fingerprint density at radius 3 is 2.40 bits per heavy atom. The minimum atomic E-state index is 0.0326. The maximum absolute atomic E-state index is 9.09. The minimum Gasteiger partial charge on any atom is -0.395 e. The fraction of sp³-hybridized carbons (Fsp3) is 0.412. The Hall–Kier alpha value is -1.60. The van der Waals surface area contributed by atoms with Crippen molar-refractivity contribution in [2.24, 2.45) is 0 Å². The van der Waals surface area contributed by atoms with Gasteiger partial charge in [-0.25, -0.2) is 9.97 Å². The van der Waals surface area contributed by atoms with Crippen LogP contribution in [-0.2, 0) is 4.74 Å². The number of rotatable bonds is 8. The summed E-state index contributed by atoms with van der Waals surface area (Å²) in [7, 11) is 5.44. The summed E-state index contributed by atoms with van der Waals surface area (Å²) in [6, 6.07) is 7.44. The fourth-order valence-corrected chi connectivity index (χ4v) is 2.76. The van der Waals surface area contributed by atoms with Gasteiger partial charge in [0.25, 0.3) is 0 Å². The van der Waals surface area contributed by atoms with Crippen molar-refractivity contribution in [2.75, 3.05) is 57.3 Å². The third-order valence-electron chi connectivity index (χ3n) is 3.77. The number of methoxy groups -OCH3 is 1. The van der Waals surface area contributed by atoms with E-state index in [1.807, 2.05) is 42.1 Å². The zero-order valence-electron chi connectivity index (χ0n) is 14.5. The maximum Gasteiger partial charge on any atom is 0.139 e. The van der Waals surface area contributed by atoms with Crippen molar-refractivity contribution in [1.29, 1.82) is 0 Å². The number of pyridine rings is 2. The number of aromatic nitrogens is 2. The molecule has 0 fully saturated rings. The second kappa shape index (κ2) is 9.20. The predicted octanol–water partition coefficient (Wildman–Crippen LogP) is 2.96. The van der Waals surface area contributed by atoms with E-state index in [-0.39, 0.29) is 6.61 Å². The van der Waals surface area contributed by atoms with E-state index in [0.717, 1.165) is 23.5 Å². The highest BCUT2D eigenvalue weighted by atomic mass is 35.5. The van der Waals surface area contributed by atoms with E-state index < -0.39 is 0 Å². The molecule has 8 heteroatoms. The Balaban J connectivity index is 2.32. The highest BCUT2D eigenvalue weighted by Gasteiger charge is 2.12. The molecule has 136 valence electrons. The summed E-state index contributed by atoms with van der Waals surface area (Å²) in [4.78, 5) is 12.5. The summed E-state index contributed by atoms with van der Waals surface area (Å²) >= 11 is 12.6. The van der Waals surface area contributed by atoms with E-state index in [4.69, 9.17) is 33.0 Å². The molecular formula is C17H22Cl2N4O2. The highest BCUT2D eigenvalue weighted by molar-refractivity contribution is 6.32. The van der Waals surface area contributed by atoms with Crippen molar-refractivity contribution in [3.05, 3.63) is 34.6 Å². The molecular weight excluding hydrogens is 363 g/mol. The SMILES string of the molecule is COCCN(C)c1ccc(-c2cc(Cl)nc(N(C)CCO)c2)c(Cl)n1. The molecule has 0 atom stereocenters. The van der Waals surface area contributed by atoms with Crippen LogP contribution in [0.15, 0.2) is 24.3 Å². The van der Waals surface area contributed by atoms with Crippen LogP contribution in [0.1, 0.15) is 0 Å². The van der Waals surface area contributed by atoms with Crippen LogP contribution in [-0.4, -0.2) is 62.6 Å². The second-order valence-corrected chi connectivity index (χ2v) is 6.35. The van der Waals surface area contributed by atoms with E-state index in [9.17, 15) is 0 Å². The van der Waals surface area contributed by atoms with Crippen LogP contribution in [0.4, 0.5) is 11.6 Å². The van der Waals surface area contributed by atoms with Crippen LogP contribution < -0.4 is 9.80 Å². The van der Waals surface area contributed by atoms with Gasteiger partial charge in [0.1, 0.15) is 21.9 Å². The van der Waals surface area contributed by atoms with Crippen LogP contribution in [0, 0.1) is 0 Å². The van der Waals surface area contributed by atoms with Crippen molar-refractivity contribution in [1.82, 2.24) is 9.97 Å². The van der Waals surface area contributed by atoms with Gasteiger partial charge in [-0.2, -0.15) is 0 Å². The third kappa shape index (κ3) is 5.19. The monoisotopic (exact) mass is 384 g/mol. The lowest BCUT2D eigenvalue weighted by Gasteiger charge is -2.20. The first kappa shape index (κ1) is 19.7. The smallest absolute Gasteiger partial charge is 0.139 e. The third-order valence-corrected chi connectivity index (χ3v) is 4.26. The topological polar surface area (TPSA) is 61.7 Å². The van der Waals surface area contributed by atoms with Crippen molar-refractivity contribution >= 4 is 34.8 Å². The van der Waals surface area contributed by atoms with Crippen molar-refractivity contribution in [3.8, 4) is 11.1 Å². The van der Waals surface area contributed by atoms with Crippen LogP contribution in [0.3, 0.4) is 0 Å². The molecule has 0 saturated heterocycles. The summed E-state index contributed by atoms with van der Waals surface area (Å²) < 4.78 is 5.08. The number of likely N-dealkylation sites (N-methyl/N-ethyl adjacent to an activating group) is 2. The average molecular weight is 385 g/mol. The van der Waals surface area contributed by atoms with Crippen LogP contribution in [0.5, 0.6) is 0 Å². The molecule has 0 spiro atoms. The van der Waals surface area contributed by atoms with Crippen LogP contribution >= 0.6 is 23.2 Å². The van der Waals surface area contributed by atoms with Gasteiger partial charge in [0, 0.05) is 39.9 Å². The molecule has 0 aliphatic heterocycles. The second-order valence-electron chi connectivity index (χ2n) is 5.60. The Labute approximate surface area is 158 Å². The lowest BCUT2D eigenvalue weighted by molar-refractivity contribution is 0.206. The first-order chi connectivity index (χ1) is 12.0. The zero-order chi connectivity index (χ0) is 18.4. The van der Waals surface area contributed by atoms with Gasteiger partial charge in [-0.1, -0.05) is 23.2 Å². The summed E-state index contributed by atoms with van der Waals surface area (Å²) in [6.45, 7) is 1.82. The highest BCUT2D eigenvalue weighted by Crippen LogP contribution is 2.32. The van der Waals surface area contributed by atoms with Gasteiger partial charge in [-0.15, -0.1) is 0 Å². The molecule has 2 aromatic rings. The normalized spacial score (nSPS) is 10.8. The van der Waals surface area contributed by atoms with Gasteiger partial charge in [0.15, 0.2) is 0 Å². The van der Waals surface area contributed by atoms with Gasteiger partial charge >= 0.3 is 0 Å². The van der Waals surface area contributed by atoms with Crippen molar-refractivity contribution < 1.29 is 9.84 Å². The number of anilines is 2. The van der Waals surface area contributed by atoms with Crippen molar-refractivity contribution in [2.45, 2.75) is 0 Å². The van der Waals surface area contributed by atoms with Gasteiger partial charge in [0.2, 0.25) is 0 Å². The Morgan fingerprint density at radius 2 is 1.76 bits per heavy atom. The molecule has 0 aliphatic carbocycles. The summed E-state index contributed by atoms with van der Waals surface area (Å²) in [5.41, 5.74) is 1.59. The number of aliphatic hydroxyl groups is 1. The maximum atomic E-state index is 9.09. The number of halogens is 2. The molecule has 25 heavy (non-hydrogen) atoms. The molecule has 0 aromatic carbocycles. The Bertz CT molecular complexity index is 715. The summed E-state index contributed by atoms with van der Waals surface area (Å²) in [5, 5.41) is 9.84. The molecule has 0 amide bonds. The molecule has 2 heterocycles. The largest absolute Gasteiger partial charge is 0.395 e. The van der Waals surface area contributed by atoms with Gasteiger partial charge in [-0.3, -0.25) is 0 Å². The lowest BCUT2D eigenvalue weighted by Crippen LogP contribution is -2.23. The van der Waals surface area contributed by atoms with Crippen LogP contribution in [0.2, 0.25) is 10.3 Å². The predicted molar refractivity (Wildman–Crippen MR) is 103 cm³/mol. The number of aliphatic hydroxyl groups excluding tert-OH is 1. The minimum absolute atomic E-state index is 0.0326. The molecule has 0 radical (unpaired) electrons. The number of hydrogen-bond acceptors (Lipinski definition) is 6. The summed E-state index contributed by atoms with van der Waals surface area (Å²) in [6.07, 6.45) is 0. The Kier molecular flexibility index (Phi) is 7.25. The first-order valence-electron chi connectivity index (χ1n) is 7.83. The van der Waals surface area contributed by atoms with Crippen LogP contribution in [0.25, 0.3) is 11.1 Å². The molecule has 2 aromatic heterocycles. The van der Waals surface area contributed by atoms with Gasteiger partial charge in [0.05, 0.1) is 13.2 Å². The summed E-state index contributed by atoms with van der Waals surface area (Å²) in [5.74, 6) is 1.43. The van der Waals surface area contributed by atoms with E-state index in [1.165, 1.54) is 0 Å². The number of nitrogens with zero attached hydrogens (tertiary/aromatic N) is 4. The Morgan fingerprint density at radius 1 is 1.04 bits per heavy atom. The average Bonchev–Trinajstić information content (AvgIpc) is 2.59. The van der Waals surface area contributed by atoms with Gasteiger partial charge < -0.3 is 19.6 Å². The lowest BCUT2D eigenvalue weighted by atomic mass is 10.1. The number of ether oxygens (including phenoxy) is 1. The van der Waals surface area contributed by atoms with E-state index in [0.29, 0.717) is 29.3 Å². The molecule has 0 saturated carbocycles. The molecule has 2 rings (SSSR count).